The van der Waals surface area contributed by atoms with Crippen LogP contribution in [0.25, 0.3) is 11.2 Å². The van der Waals surface area contributed by atoms with E-state index in [0.29, 0.717) is 11.3 Å². The van der Waals surface area contributed by atoms with Gasteiger partial charge in [-0.1, -0.05) is 45.8 Å². The predicted molar refractivity (Wildman–Crippen MR) is 115 cm³/mol. The van der Waals surface area contributed by atoms with E-state index in [2.05, 4.69) is 20.9 Å². The molecule has 0 aliphatic carbocycles. The van der Waals surface area contributed by atoms with Crippen LogP contribution in [0.5, 0.6) is 11.8 Å². The van der Waals surface area contributed by atoms with Crippen molar-refractivity contribution in [2.45, 2.75) is 13.5 Å². The lowest BCUT2D eigenvalue weighted by atomic mass is 10.2. The minimum Gasteiger partial charge on any atom is -0.425 e. The third-order valence-electron chi connectivity index (χ3n) is 4.80. The van der Waals surface area contributed by atoms with Gasteiger partial charge in [-0.3, -0.25) is 18.5 Å². The van der Waals surface area contributed by atoms with Gasteiger partial charge in [0.25, 0.3) is 5.56 Å². The number of imidazole rings is 1. The van der Waals surface area contributed by atoms with Crippen LogP contribution in [0.3, 0.4) is 0 Å². The average molecular weight is 455 g/mol. The van der Waals surface area contributed by atoms with E-state index in [1.165, 1.54) is 9.13 Å². The third-order valence-corrected chi connectivity index (χ3v) is 5.33. The molecule has 7 nitrogen and oxygen atoms in total. The highest BCUT2D eigenvalue weighted by molar-refractivity contribution is 9.10. The molecule has 4 rings (SSSR count). The number of nitrogens with zero attached hydrogens (tertiary/aromatic N) is 4. The van der Waals surface area contributed by atoms with Crippen molar-refractivity contribution in [1.29, 1.82) is 0 Å². The molecule has 0 bridgehead atoms. The first-order valence-corrected chi connectivity index (χ1v) is 9.79. The number of hydrogen-bond acceptors (Lipinski definition) is 4. The van der Waals surface area contributed by atoms with Gasteiger partial charge >= 0.3 is 11.7 Å². The molecule has 148 valence electrons. The van der Waals surface area contributed by atoms with E-state index in [4.69, 9.17) is 4.74 Å². The van der Waals surface area contributed by atoms with Crippen molar-refractivity contribution in [3.05, 3.63) is 85.0 Å². The Morgan fingerprint density at radius 3 is 2.28 bits per heavy atom. The SMILES string of the molecule is Cc1ccc(Oc2nc3c(c(=O)n(Cc4ccc(Br)cc4)c(=O)n3C)n2C)cc1. The molecule has 2 aromatic heterocycles. The Balaban J connectivity index is 1.82. The summed E-state index contributed by atoms with van der Waals surface area (Å²) in [6, 6.07) is 15.3. The lowest BCUT2D eigenvalue weighted by molar-refractivity contribution is 0.427. The van der Waals surface area contributed by atoms with Crippen LogP contribution in [0, 0.1) is 6.92 Å². The van der Waals surface area contributed by atoms with Crippen molar-refractivity contribution in [3.63, 3.8) is 0 Å². The first kappa shape index (κ1) is 19.2. The predicted octanol–water partition coefficient (Wildman–Crippen LogP) is 3.35. The average Bonchev–Trinajstić information content (AvgIpc) is 3.03. The molecule has 0 fully saturated rings. The smallest absolute Gasteiger partial charge is 0.332 e. The van der Waals surface area contributed by atoms with Crippen LogP contribution in [0.4, 0.5) is 0 Å². The minimum atomic E-state index is -0.426. The van der Waals surface area contributed by atoms with Crippen molar-refractivity contribution < 1.29 is 4.74 Å². The molecule has 0 unspecified atom stereocenters. The summed E-state index contributed by atoms with van der Waals surface area (Å²) in [4.78, 5) is 30.3. The number of halogens is 1. The monoisotopic (exact) mass is 454 g/mol. The molecule has 0 saturated carbocycles. The quantitative estimate of drug-likeness (QED) is 0.473. The summed E-state index contributed by atoms with van der Waals surface area (Å²) in [5, 5.41) is 0. The summed E-state index contributed by atoms with van der Waals surface area (Å²) < 4.78 is 10.9. The van der Waals surface area contributed by atoms with Crippen LogP contribution in [-0.4, -0.2) is 18.7 Å². The van der Waals surface area contributed by atoms with Crippen molar-refractivity contribution in [3.8, 4) is 11.8 Å². The fourth-order valence-corrected chi connectivity index (χ4v) is 3.40. The zero-order chi connectivity index (χ0) is 20.7. The summed E-state index contributed by atoms with van der Waals surface area (Å²) in [6.07, 6.45) is 0. The molecule has 0 aliphatic rings. The molecule has 2 aromatic carbocycles. The second-order valence-corrected chi connectivity index (χ2v) is 7.82. The van der Waals surface area contributed by atoms with Crippen LogP contribution in [0.1, 0.15) is 11.1 Å². The lowest BCUT2D eigenvalue weighted by Crippen LogP contribution is -2.39. The number of aromatic nitrogens is 4. The molecule has 0 saturated heterocycles. The van der Waals surface area contributed by atoms with E-state index < -0.39 is 11.2 Å². The molecular weight excluding hydrogens is 436 g/mol. The third kappa shape index (κ3) is 3.51. The summed E-state index contributed by atoms with van der Waals surface area (Å²) in [7, 11) is 3.31. The molecule has 0 aliphatic heterocycles. The van der Waals surface area contributed by atoms with Gasteiger partial charge in [-0.25, -0.2) is 4.79 Å². The summed E-state index contributed by atoms with van der Waals surface area (Å²) in [5.74, 6) is 0.606. The molecule has 2 heterocycles. The Hall–Kier alpha value is -3.13. The molecule has 0 radical (unpaired) electrons. The molecule has 0 amide bonds. The van der Waals surface area contributed by atoms with Crippen LogP contribution >= 0.6 is 15.9 Å². The number of rotatable bonds is 4. The maximum atomic E-state index is 13.1. The molecule has 0 N–H and O–H groups in total. The number of aryl methyl sites for hydroxylation is 3. The molecule has 29 heavy (non-hydrogen) atoms. The van der Waals surface area contributed by atoms with Crippen molar-refractivity contribution in [2.24, 2.45) is 14.1 Å². The Bertz CT molecular complexity index is 1320. The maximum Gasteiger partial charge on any atom is 0.332 e. The van der Waals surface area contributed by atoms with E-state index in [0.717, 1.165) is 15.6 Å². The van der Waals surface area contributed by atoms with Crippen LogP contribution in [-0.2, 0) is 20.6 Å². The molecule has 0 spiro atoms. The summed E-state index contributed by atoms with van der Waals surface area (Å²) in [5.41, 5.74) is 1.73. The Labute approximate surface area is 174 Å². The van der Waals surface area contributed by atoms with E-state index in [9.17, 15) is 9.59 Å². The van der Waals surface area contributed by atoms with E-state index in [1.807, 2.05) is 55.5 Å². The van der Waals surface area contributed by atoms with Gasteiger partial charge < -0.3 is 4.74 Å². The van der Waals surface area contributed by atoms with Crippen molar-refractivity contribution >= 4 is 27.1 Å². The Morgan fingerprint density at radius 2 is 1.62 bits per heavy atom. The topological polar surface area (TPSA) is 71.1 Å². The second kappa shape index (κ2) is 7.36. The van der Waals surface area contributed by atoms with Crippen molar-refractivity contribution in [2.75, 3.05) is 0 Å². The number of ether oxygens (including phenoxy) is 1. The number of hydrogen-bond donors (Lipinski definition) is 0. The Morgan fingerprint density at radius 1 is 0.966 bits per heavy atom. The molecule has 0 atom stereocenters. The van der Waals surface area contributed by atoms with E-state index in [-0.39, 0.29) is 18.2 Å². The number of benzene rings is 2. The maximum absolute atomic E-state index is 13.1. The van der Waals surface area contributed by atoms with Gasteiger partial charge in [0, 0.05) is 18.6 Å². The van der Waals surface area contributed by atoms with Crippen LogP contribution in [0.2, 0.25) is 0 Å². The minimum absolute atomic E-state index is 0.175. The summed E-state index contributed by atoms with van der Waals surface area (Å²) >= 11 is 3.39. The van der Waals surface area contributed by atoms with Gasteiger partial charge in [-0.05, 0) is 36.8 Å². The first-order chi connectivity index (χ1) is 13.8. The van der Waals surface area contributed by atoms with E-state index in [1.54, 1.807) is 18.7 Å². The normalized spacial score (nSPS) is 11.2. The zero-order valence-electron chi connectivity index (χ0n) is 16.2. The molecule has 4 aromatic rings. The van der Waals surface area contributed by atoms with E-state index >= 15 is 0 Å². The lowest BCUT2D eigenvalue weighted by Gasteiger charge is -2.09. The van der Waals surface area contributed by atoms with Gasteiger partial charge in [0.15, 0.2) is 11.2 Å². The highest BCUT2D eigenvalue weighted by atomic mass is 79.9. The van der Waals surface area contributed by atoms with Crippen LogP contribution < -0.4 is 16.0 Å². The standard InChI is InChI=1S/C21H19BrN4O3/c1-13-4-10-16(11-5-13)29-20-23-18-17(24(20)2)19(27)26(21(28)25(18)3)12-14-6-8-15(22)9-7-14/h4-11H,12H2,1-3H3. The molecular formula is C21H19BrN4O3. The second-order valence-electron chi connectivity index (χ2n) is 6.90. The number of fused-ring (bicyclic) bond motifs is 1. The molecule has 8 heteroatoms. The highest BCUT2D eigenvalue weighted by Gasteiger charge is 2.19. The van der Waals surface area contributed by atoms with Gasteiger partial charge in [0.2, 0.25) is 0 Å². The Kier molecular flexibility index (Phi) is 4.87. The van der Waals surface area contributed by atoms with Crippen LogP contribution in [0.15, 0.2) is 62.6 Å². The highest BCUT2D eigenvalue weighted by Crippen LogP contribution is 2.23. The fourth-order valence-electron chi connectivity index (χ4n) is 3.14. The van der Waals surface area contributed by atoms with Crippen molar-refractivity contribution in [1.82, 2.24) is 18.7 Å². The van der Waals surface area contributed by atoms with Gasteiger partial charge in [0.05, 0.1) is 6.54 Å². The zero-order valence-corrected chi connectivity index (χ0v) is 17.8. The van der Waals surface area contributed by atoms with Gasteiger partial charge in [-0.2, -0.15) is 4.98 Å². The fraction of sp³-hybridized carbons (Fsp3) is 0.190. The van der Waals surface area contributed by atoms with Gasteiger partial charge in [-0.15, -0.1) is 0 Å². The largest absolute Gasteiger partial charge is 0.425 e. The first-order valence-electron chi connectivity index (χ1n) is 9.00. The van der Waals surface area contributed by atoms with Gasteiger partial charge in [0.1, 0.15) is 5.75 Å². The summed E-state index contributed by atoms with van der Waals surface area (Å²) in [6.45, 7) is 2.16.